The van der Waals surface area contributed by atoms with Gasteiger partial charge in [-0.2, -0.15) is 0 Å². The van der Waals surface area contributed by atoms with Crippen LogP contribution in [0.5, 0.6) is 0 Å². The third kappa shape index (κ3) is 2.34. The van der Waals surface area contributed by atoms with Gasteiger partial charge in [0.25, 0.3) is 0 Å². The van der Waals surface area contributed by atoms with E-state index >= 15 is 0 Å². The molecule has 20 heavy (non-hydrogen) atoms. The van der Waals surface area contributed by atoms with E-state index in [0.717, 1.165) is 24.8 Å². The topological polar surface area (TPSA) is 42.7 Å². The van der Waals surface area contributed by atoms with Crippen LogP contribution in [0.15, 0.2) is 36.2 Å². The molecule has 1 aliphatic carbocycles. The number of nitrogens with zero attached hydrogens (tertiary/aromatic N) is 3. The van der Waals surface area contributed by atoms with Crippen LogP contribution >= 0.6 is 11.3 Å². The number of pyridine rings is 1. The van der Waals surface area contributed by atoms with Crippen molar-refractivity contribution in [2.75, 3.05) is 0 Å². The molecule has 1 fully saturated rings. The highest BCUT2D eigenvalue weighted by Crippen LogP contribution is 2.24. The van der Waals surface area contributed by atoms with Gasteiger partial charge < -0.3 is 9.88 Å². The molecule has 0 unspecified atom stereocenters. The van der Waals surface area contributed by atoms with Gasteiger partial charge >= 0.3 is 0 Å². The van der Waals surface area contributed by atoms with Crippen molar-refractivity contribution in [1.82, 2.24) is 19.9 Å². The van der Waals surface area contributed by atoms with E-state index in [0.29, 0.717) is 0 Å². The first-order valence-electron chi connectivity index (χ1n) is 6.93. The Morgan fingerprint density at radius 1 is 1.40 bits per heavy atom. The maximum Gasteiger partial charge on any atom is 0.140 e. The molecule has 4 nitrogen and oxygen atoms in total. The molecule has 102 valence electrons. The second kappa shape index (κ2) is 5.00. The van der Waals surface area contributed by atoms with Crippen molar-refractivity contribution in [3.63, 3.8) is 0 Å². The Morgan fingerprint density at radius 2 is 2.35 bits per heavy atom. The van der Waals surface area contributed by atoms with Crippen LogP contribution in [0.4, 0.5) is 0 Å². The summed E-state index contributed by atoms with van der Waals surface area (Å²) in [6.07, 6.45) is 8.66. The van der Waals surface area contributed by atoms with E-state index in [1.165, 1.54) is 28.7 Å². The monoisotopic (exact) mass is 284 g/mol. The molecular weight excluding hydrogens is 268 g/mol. The molecule has 1 saturated carbocycles. The first-order valence-corrected chi connectivity index (χ1v) is 7.81. The average molecular weight is 284 g/mol. The predicted molar refractivity (Wildman–Crippen MR) is 80.8 cm³/mol. The summed E-state index contributed by atoms with van der Waals surface area (Å²) in [5, 5.41) is 4.84. The predicted octanol–water partition coefficient (Wildman–Crippen LogP) is 2.79. The molecule has 0 aliphatic heterocycles. The summed E-state index contributed by atoms with van der Waals surface area (Å²) < 4.78 is 2.23. The summed E-state index contributed by atoms with van der Waals surface area (Å²) in [6, 6.07) is 4.90. The lowest BCUT2D eigenvalue weighted by atomic mass is 10.2. The van der Waals surface area contributed by atoms with Gasteiger partial charge in [-0.05, 0) is 30.5 Å². The van der Waals surface area contributed by atoms with Gasteiger partial charge in [-0.3, -0.25) is 4.98 Å². The molecule has 3 aromatic heterocycles. The lowest BCUT2D eigenvalue weighted by molar-refractivity contribution is 0.687. The van der Waals surface area contributed by atoms with Crippen LogP contribution in [0.1, 0.15) is 23.3 Å². The Balaban J connectivity index is 1.68. The highest BCUT2D eigenvalue weighted by atomic mass is 32.1. The SMILES string of the molecule is c1cnc2c(c1)c(CNC1CC1)cn2Cc1cncs1. The largest absolute Gasteiger partial charge is 0.327 e. The lowest BCUT2D eigenvalue weighted by Crippen LogP contribution is -2.14. The van der Waals surface area contributed by atoms with Gasteiger partial charge in [0.05, 0.1) is 12.1 Å². The fourth-order valence-electron chi connectivity index (χ4n) is 2.49. The minimum Gasteiger partial charge on any atom is -0.327 e. The van der Waals surface area contributed by atoms with E-state index in [2.05, 4.69) is 32.1 Å². The van der Waals surface area contributed by atoms with Crippen molar-refractivity contribution in [3.8, 4) is 0 Å². The molecule has 4 rings (SSSR count). The highest BCUT2D eigenvalue weighted by Gasteiger charge is 2.21. The molecule has 1 aliphatic rings. The Labute approximate surface area is 121 Å². The van der Waals surface area contributed by atoms with Crippen molar-refractivity contribution in [1.29, 1.82) is 0 Å². The summed E-state index contributed by atoms with van der Waals surface area (Å²) in [7, 11) is 0. The molecule has 5 heteroatoms. The van der Waals surface area contributed by atoms with Crippen molar-refractivity contribution in [3.05, 3.63) is 46.7 Å². The third-order valence-corrected chi connectivity index (χ3v) is 4.45. The van der Waals surface area contributed by atoms with Crippen LogP contribution in [-0.4, -0.2) is 20.6 Å². The first kappa shape index (κ1) is 12.1. The molecule has 1 N–H and O–H groups in total. The molecule has 0 radical (unpaired) electrons. The van der Waals surface area contributed by atoms with Crippen molar-refractivity contribution in [2.45, 2.75) is 32.0 Å². The maximum atomic E-state index is 4.54. The second-order valence-corrected chi connectivity index (χ2v) is 6.25. The summed E-state index contributed by atoms with van der Waals surface area (Å²) in [4.78, 5) is 9.95. The van der Waals surface area contributed by atoms with E-state index in [4.69, 9.17) is 0 Å². The summed E-state index contributed by atoms with van der Waals surface area (Å²) >= 11 is 1.69. The van der Waals surface area contributed by atoms with Crippen LogP contribution < -0.4 is 5.32 Å². The number of hydrogen-bond acceptors (Lipinski definition) is 4. The van der Waals surface area contributed by atoms with E-state index in [9.17, 15) is 0 Å². The second-order valence-electron chi connectivity index (χ2n) is 5.28. The van der Waals surface area contributed by atoms with Crippen molar-refractivity contribution in [2.24, 2.45) is 0 Å². The molecule has 0 amide bonds. The number of thiazole rings is 1. The van der Waals surface area contributed by atoms with E-state index in [-0.39, 0.29) is 0 Å². The Morgan fingerprint density at radius 3 is 3.15 bits per heavy atom. The quantitative estimate of drug-likeness (QED) is 0.783. The summed E-state index contributed by atoms with van der Waals surface area (Å²) in [5.74, 6) is 0. The van der Waals surface area contributed by atoms with E-state index in [1.807, 2.05) is 24.0 Å². The van der Waals surface area contributed by atoms with Crippen LogP contribution in [-0.2, 0) is 13.1 Å². The Kier molecular flexibility index (Phi) is 3.01. The number of rotatable bonds is 5. The van der Waals surface area contributed by atoms with Crippen LogP contribution in [0.3, 0.4) is 0 Å². The molecule has 0 saturated heterocycles. The van der Waals surface area contributed by atoms with Gasteiger partial charge in [-0.1, -0.05) is 0 Å². The van der Waals surface area contributed by atoms with Gasteiger partial charge in [-0.25, -0.2) is 4.98 Å². The number of fused-ring (bicyclic) bond motifs is 1. The van der Waals surface area contributed by atoms with Crippen LogP contribution in [0.25, 0.3) is 11.0 Å². The number of aromatic nitrogens is 3. The highest BCUT2D eigenvalue weighted by molar-refractivity contribution is 7.09. The van der Waals surface area contributed by atoms with Gasteiger partial charge in [0.15, 0.2) is 0 Å². The minimum atomic E-state index is 0.728. The molecule has 3 aromatic rings. The normalized spacial score (nSPS) is 15.0. The molecule has 0 bridgehead atoms. The molecule has 0 atom stereocenters. The van der Waals surface area contributed by atoms with Gasteiger partial charge in [-0.15, -0.1) is 11.3 Å². The minimum absolute atomic E-state index is 0.728. The van der Waals surface area contributed by atoms with Gasteiger partial charge in [0.2, 0.25) is 0 Å². The lowest BCUT2D eigenvalue weighted by Gasteiger charge is -2.01. The first-order chi connectivity index (χ1) is 9.90. The van der Waals surface area contributed by atoms with Gasteiger partial charge in [0.1, 0.15) is 5.65 Å². The Hall–Kier alpha value is -1.72. The van der Waals surface area contributed by atoms with Crippen LogP contribution in [0.2, 0.25) is 0 Å². The Bertz CT molecular complexity index is 713. The zero-order chi connectivity index (χ0) is 13.4. The zero-order valence-electron chi connectivity index (χ0n) is 11.1. The standard InChI is InChI=1S/C15H16N4S/c1-2-14-11(6-18-12-3-4-12)8-19(15(14)17-5-1)9-13-7-16-10-20-13/h1-2,5,7-8,10,12,18H,3-4,6,9H2. The third-order valence-electron chi connectivity index (χ3n) is 3.68. The fraction of sp³-hybridized carbons (Fsp3) is 0.333. The summed E-state index contributed by atoms with van der Waals surface area (Å²) in [5.41, 5.74) is 4.28. The summed E-state index contributed by atoms with van der Waals surface area (Å²) in [6.45, 7) is 1.78. The zero-order valence-corrected chi connectivity index (χ0v) is 11.9. The molecule has 3 heterocycles. The number of hydrogen-bond donors (Lipinski definition) is 1. The van der Waals surface area contributed by atoms with E-state index in [1.54, 1.807) is 11.3 Å². The van der Waals surface area contributed by atoms with E-state index < -0.39 is 0 Å². The molecular formula is C15H16N4S. The smallest absolute Gasteiger partial charge is 0.140 e. The number of nitrogens with one attached hydrogen (secondary N) is 1. The van der Waals surface area contributed by atoms with Crippen LogP contribution in [0, 0.1) is 0 Å². The molecule has 0 spiro atoms. The molecule has 0 aromatic carbocycles. The van der Waals surface area contributed by atoms with Crippen molar-refractivity contribution >= 4 is 22.4 Å². The average Bonchev–Trinajstić information content (AvgIpc) is 3.05. The van der Waals surface area contributed by atoms with Crippen molar-refractivity contribution < 1.29 is 0 Å². The van der Waals surface area contributed by atoms with Gasteiger partial charge in [0, 0.05) is 41.4 Å². The fourth-order valence-corrected chi connectivity index (χ4v) is 3.08. The maximum absolute atomic E-state index is 4.54.